The zero-order chi connectivity index (χ0) is 15.0. The van der Waals surface area contributed by atoms with E-state index < -0.39 is 0 Å². The van der Waals surface area contributed by atoms with Crippen LogP contribution in [-0.4, -0.2) is 40.2 Å². The molecule has 5 nitrogen and oxygen atoms in total. The number of nitrogens with one attached hydrogen (secondary N) is 2. The smallest absolute Gasteiger partial charge is 0.231 e. The quantitative estimate of drug-likeness (QED) is 0.781. The van der Waals surface area contributed by atoms with Crippen molar-refractivity contribution >= 4 is 28.5 Å². The number of aromatic hydroxyl groups is 1. The van der Waals surface area contributed by atoms with Crippen LogP contribution in [0.1, 0.15) is 18.4 Å². The van der Waals surface area contributed by atoms with Crippen LogP contribution in [0, 0.1) is 5.41 Å². The fraction of sp³-hybridized carbons (Fsp3) is 0.333. The molecule has 1 fully saturated rings. The second-order valence-electron chi connectivity index (χ2n) is 5.27. The monoisotopic (exact) mass is 303 g/mol. The molecule has 2 aliphatic heterocycles. The first kappa shape index (κ1) is 14.0. The van der Waals surface area contributed by atoms with Gasteiger partial charge in [0.05, 0.1) is 6.04 Å². The third-order valence-corrected chi connectivity index (χ3v) is 5.30. The number of phenolic OH excluding ortho intramolecular Hbond substituents is 1. The van der Waals surface area contributed by atoms with E-state index in [9.17, 15) is 9.90 Å². The summed E-state index contributed by atoms with van der Waals surface area (Å²) in [6.07, 6.45) is 3.41. The van der Waals surface area contributed by atoms with Gasteiger partial charge in [-0.3, -0.25) is 15.1 Å². The maximum Gasteiger partial charge on any atom is 0.231 e. The van der Waals surface area contributed by atoms with Crippen LogP contribution >= 0.6 is 11.8 Å². The van der Waals surface area contributed by atoms with E-state index >= 15 is 0 Å². The molecule has 3 rings (SSSR count). The number of thioether (sulfide) groups is 1. The van der Waals surface area contributed by atoms with E-state index in [0.717, 1.165) is 16.9 Å². The van der Waals surface area contributed by atoms with Crippen molar-refractivity contribution in [3.05, 3.63) is 35.9 Å². The summed E-state index contributed by atoms with van der Waals surface area (Å²) in [5.41, 5.74) is 0.997. The first-order chi connectivity index (χ1) is 10.0. The number of carbonyl (C=O) groups excluding carboxylic acids is 1. The Morgan fingerprint density at radius 1 is 1.48 bits per heavy atom. The highest BCUT2D eigenvalue weighted by Gasteiger charge is 2.34. The summed E-state index contributed by atoms with van der Waals surface area (Å²) in [4.78, 5) is 14.3. The molecule has 0 radical (unpaired) electrons. The number of nitrogens with zero attached hydrogens (tertiary/aromatic N) is 1. The van der Waals surface area contributed by atoms with E-state index in [1.54, 1.807) is 30.9 Å². The second-order valence-corrected chi connectivity index (χ2v) is 6.55. The number of guanidine groups is 1. The summed E-state index contributed by atoms with van der Waals surface area (Å²) < 4.78 is 0. The van der Waals surface area contributed by atoms with Crippen molar-refractivity contribution in [3.8, 4) is 5.75 Å². The molecule has 0 aromatic heterocycles. The van der Waals surface area contributed by atoms with E-state index in [1.165, 1.54) is 4.90 Å². The van der Waals surface area contributed by atoms with Crippen molar-refractivity contribution in [1.29, 1.82) is 5.41 Å². The Hall–Kier alpha value is -1.95. The summed E-state index contributed by atoms with van der Waals surface area (Å²) in [7, 11) is 1.62. The number of hydrogen-bond donors (Lipinski definition) is 3. The molecule has 21 heavy (non-hydrogen) atoms. The molecule has 3 N–H and O–H groups in total. The molecule has 2 heterocycles. The minimum absolute atomic E-state index is 0.0164. The van der Waals surface area contributed by atoms with E-state index in [4.69, 9.17) is 5.41 Å². The molecule has 1 aromatic rings. The molecular weight excluding hydrogens is 286 g/mol. The molecule has 6 heteroatoms. The van der Waals surface area contributed by atoms with E-state index in [2.05, 4.69) is 11.4 Å². The van der Waals surface area contributed by atoms with Crippen LogP contribution in [0.15, 0.2) is 30.3 Å². The lowest BCUT2D eigenvalue weighted by molar-refractivity contribution is -0.128. The summed E-state index contributed by atoms with van der Waals surface area (Å²) in [6, 6.07) is 7.18. The zero-order valence-corrected chi connectivity index (χ0v) is 12.5. The predicted octanol–water partition coefficient (Wildman–Crippen LogP) is 1.99. The van der Waals surface area contributed by atoms with Crippen molar-refractivity contribution in [2.24, 2.45) is 0 Å². The van der Waals surface area contributed by atoms with Gasteiger partial charge in [0.2, 0.25) is 5.91 Å². The van der Waals surface area contributed by atoms with Gasteiger partial charge in [0.1, 0.15) is 5.75 Å². The Kier molecular flexibility index (Phi) is 3.63. The zero-order valence-electron chi connectivity index (χ0n) is 11.7. The molecule has 2 atom stereocenters. The Balaban J connectivity index is 1.69. The first-order valence-corrected chi connectivity index (χ1v) is 7.70. The van der Waals surface area contributed by atoms with Gasteiger partial charge in [0.25, 0.3) is 0 Å². The summed E-state index contributed by atoms with van der Waals surface area (Å²) in [5, 5.41) is 20.7. The van der Waals surface area contributed by atoms with Gasteiger partial charge >= 0.3 is 0 Å². The maximum absolute atomic E-state index is 11.9. The topological polar surface area (TPSA) is 76.4 Å². The number of rotatable bonds is 2. The number of carbonyl (C=O) groups is 1. The summed E-state index contributed by atoms with van der Waals surface area (Å²) in [6.45, 7) is 0. The van der Waals surface area contributed by atoms with Crippen LogP contribution in [0.2, 0.25) is 0 Å². The molecular formula is C15H17N3O2S. The molecule has 1 amide bonds. The third-order valence-electron chi connectivity index (χ3n) is 3.82. The summed E-state index contributed by atoms with van der Waals surface area (Å²) in [5.74, 6) is 0.407. The van der Waals surface area contributed by atoms with Gasteiger partial charge in [-0.2, -0.15) is 0 Å². The Labute approximate surface area is 127 Å². The van der Waals surface area contributed by atoms with Crippen LogP contribution < -0.4 is 5.32 Å². The van der Waals surface area contributed by atoms with Crippen LogP contribution in [0.25, 0.3) is 4.91 Å². The summed E-state index contributed by atoms with van der Waals surface area (Å²) >= 11 is 1.70. The minimum atomic E-state index is -0.0184. The van der Waals surface area contributed by atoms with Gasteiger partial charge in [-0.25, -0.2) is 0 Å². The molecule has 2 aliphatic rings. The molecule has 0 spiro atoms. The maximum atomic E-state index is 11.9. The van der Waals surface area contributed by atoms with Crippen molar-refractivity contribution in [2.75, 3.05) is 7.05 Å². The fourth-order valence-electron chi connectivity index (χ4n) is 2.57. The number of amides is 1. The van der Waals surface area contributed by atoms with Gasteiger partial charge in [-0.1, -0.05) is 18.2 Å². The minimum Gasteiger partial charge on any atom is -0.508 e. The highest BCUT2D eigenvalue weighted by atomic mass is 32.2. The first-order valence-electron chi connectivity index (χ1n) is 6.82. The number of hydrogen-bond acceptors (Lipinski definition) is 4. The number of allylic oxidation sites excluding steroid dienone is 1. The van der Waals surface area contributed by atoms with Gasteiger partial charge in [0.15, 0.2) is 5.96 Å². The number of phenols is 1. The average Bonchev–Trinajstić information content (AvgIpc) is 2.94. The van der Waals surface area contributed by atoms with Crippen LogP contribution in [0.5, 0.6) is 5.75 Å². The average molecular weight is 303 g/mol. The van der Waals surface area contributed by atoms with Crippen molar-refractivity contribution in [1.82, 2.24) is 10.2 Å². The molecule has 110 valence electrons. The molecule has 0 bridgehead atoms. The van der Waals surface area contributed by atoms with Crippen molar-refractivity contribution in [2.45, 2.75) is 24.1 Å². The van der Waals surface area contributed by atoms with Crippen molar-refractivity contribution < 1.29 is 9.90 Å². The standard InChI is InChI=1S/C15H17N3O2S/c1-18-14(20)8-11(17-15(18)16)13-6-5-12(21-13)9-3-2-4-10(19)7-9/h2-5,7,11,13,19H,6,8H2,1H3,(H2,16,17)/t11-,13?/m0/s1. The normalized spacial score (nSPS) is 25.8. The van der Waals surface area contributed by atoms with E-state index in [-0.39, 0.29) is 28.9 Å². The largest absolute Gasteiger partial charge is 0.508 e. The highest BCUT2D eigenvalue weighted by Crippen LogP contribution is 2.42. The molecule has 1 saturated heterocycles. The lowest BCUT2D eigenvalue weighted by atomic mass is 10.0. The molecule has 1 unspecified atom stereocenters. The molecule has 1 aromatic carbocycles. The molecule has 0 saturated carbocycles. The van der Waals surface area contributed by atoms with E-state index in [1.807, 2.05) is 12.1 Å². The number of benzene rings is 1. The second kappa shape index (κ2) is 5.44. The van der Waals surface area contributed by atoms with Crippen LogP contribution in [0.4, 0.5) is 0 Å². The van der Waals surface area contributed by atoms with Gasteiger partial charge < -0.3 is 10.4 Å². The SMILES string of the molecule is CN1C(=N)N[C@H](C2CC=C(c3cccc(O)c3)S2)CC1=O. The third kappa shape index (κ3) is 2.76. The Bertz CT molecular complexity index is 611. The lowest BCUT2D eigenvalue weighted by Crippen LogP contribution is -2.56. The van der Waals surface area contributed by atoms with Crippen molar-refractivity contribution in [3.63, 3.8) is 0 Å². The van der Waals surface area contributed by atoms with Crippen LogP contribution in [0.3, 0.4) is 0 Å². The Morgan fingerprint density at radius 3 is 3.00 bits per heavy atom. The lowest BCUT2D eigenvalue weighted by Gasteiger charge is -2.34. The highest BCUT2D eigenvalue weighted by molar-refractivity contribution is 8.09. The van der Waals surface area contributed by atoms with E-state index in [0.29, 0.717) is 6.42 Å². The Morgan fingerprint density at radius 2 is 2.29 bits per heavy atom. The van der Waals surface area contributed by atoms with Gasteiger partial charge in [-0.05, 0) is 24.1 Å². The van der Waals surface area contributed by atoms with Gasteiger partial charge in [-0.15, -0.1) is 11.8 Å². The van der Waals surface area contributed by atoms with Crippen LogP contribution in [-0.2, 0) is 4.79 Å². The fourth-order valence-corrected chi connectivity index (χ4v) is 3.87. The molecule has 0 aliphatic carbocycles. The van der Waals surface area contributed by atoms with Gasteiger partial charge in [0, 0.05) is 23.6 Å². The predicted molar refractivity (Wildman–Crippen MR) is 84.1 cm³/mol.